The molecular weight excluding hydrogens is 234 g/mol. The van der Waals surface area contributed by atoms with E-state index >= 15 is 0 Å². The van der Waals surface area contributed by atoms with E-state index in [1.165, 1.54) is 30.5 Å². The Morgan fingerprint density at radius 1 is 1.21 bits per heavy atom. The second-order valence-corrected chi connectivity index (χ2v) is 5.57. The fraction of sp³-hybridized carbons (Fsp3) is 0.647. The molecular formula is C17H27NO. The van der Waals surface area contributed by atoms with Gasteiger partial charge in [-0.2, -0.15) is 0 Å². The second-order valence-electron chi connectivity index (χ2n) is 5.57. The van der Waals surface area contributed by atoms with E-state index in [9.17, 15) is 0 Å². The summed E-state index contributed by atoms with van der Waals surface area (Å²) < 4.78 is 5.72. The fourth-order valence-electron chi connectivity index (χ4n) is 2.68. The lowest BCUT2D eigenvalue weighted by Crippen LogP contribution is -2.33. The van der Waals surface area contributed by atoms with Crippen LogP contribution in [0.15, 0.2) is 24.3 Å². The average molecular weight is 261 g/mol. The van der Waals surface area contributed by atoms with Crippen LogP contribution in [0.2, 0.25) is 0 Å². The normalized spacial score (nSPS) is 23.3. The minimum absolute atomic E-state index is 0.440. The molecule has 0 amide bonds. The highest BCUT2D eigenvalue weighted by Gasteiger charge is 2.20. The number of nitrogens with one attached hydrogen (secondary N) is 1. The Morgan fingerprint density at radius 2 is 2.00 bits per heavy atom. The van der Waals surface area contributed by atoms with Crippen LogP contribution in [0.4, 0.5) is 5.69 Å². The van der Waals surface area contributed by atoms with Crippen molar-refractivity contribution in [2.24, 2.45) is 0 Å². The Bertz CT molecular complexity index is 360. The fourth-order valence-corrected chi connectivity index (χ4v) is 2.68. The lowest BCUT2D eigenvalue weighted by atomic mass is 10.0. The summed E-state index contributed by atoms with van der Waals surface area (Å²) in [7, 11) is 0. The predicted octanol–water partition coefficient (Wildman–Crippen LogP) is 4.40. The van der Waals surface area contributed by atoms with E-state index in [1.54, 1.807) is 0 Å². The van der Waals surface area contributed by atoms with Crippen LogP contribution in [0.5, 0.6) is 0 Å². The summed E-state index contributed by atoms with van der Waals surface area (Å²) >= 11 is 0. The predicted molar refractivity (Wildman–Crippen MR) is 81.7 cm³/mol. The number of unbranched alkanes of at least 4 members (excludes halogenated alkanes) is 1. The molecule has 1 N–H and O–H groups in total. The van der Waals surface area contributed by atoms with E-state index in [4.69, 9.17) is 4.74 Å². The highest BCUT2D eigenvalue weighted by molar-refractivity contribution is 5.45. The summed E-state index contributed by atoms with van der Waals surface area (Å²) in [4.78, 5) is 0. The molecule has 1 aliphatic heterocycles. The monoisotopic (exact) mass is 261 g/mol. The molecule has 1 saturated heterocycles. The molecule has 0 bridgehead atoms. The van der Waals surface area contributed by atoms with Crippen LogP contribution < -0.4 is 5.32 Å². The van der Waals surface area contributed by atoms with E-state index in [0.717, 1.165) is 25.9 Å². The third-order valence-corrected chi connectivity index (χ3v) is 3.97. The van der Waals surface area contributed by atoms with Gasteiger partial charge in [-0.15, -0.1) is 0 Å². The Kier molecular flexibility index (Phi) is 5.71. The van der Waals surface area contributed by atoms with Crippen molar-refractivity contribution in [3.8, 4) is 0 Å². The van der Waals surface area contributed by atoms with E-state index in [0.29, 0.717) is 12.1 Å². The summed E-state index contributed by atoms with van der Waals surface area (Å²) in [6.07, 6.45) is 7.56. The number of rotatable bonds is 6. The summed E-state index contributed by atoms with van der Waals surface area (Å²) in [5, 5.41) is 3.65. The summed E-state index contributed by atoms with van der Waals surface area (Å²) in [6.45, 7) is 5.34. The number of hydrogen-bond donors (Lipinski definition) is 1. The molecule has 2 atom stereocenters. The van der Waals surface area contributed by atoms with Gasteiger partial charge in [0, 0.05) is 18.3 Å². The highest BCUT2D eigenvalue weighted by Crippen LogP contribution is 2.21. The van der Waals surface area contributed by atoms with Gasteiger partial charge in [0.2, 0.25) is 0 Å². The lowest BCUT2D eigenvalue weighted by molar-refractivity contribution is 0.00926. The third-order valence-electron chi connectivity index (χ3n) is 3.97. The molecule has 0 aromatic heterocycles. The molecule has 1 aliphatic rings. The maximum atomic E-state index is 5.72. The molecule has 2 nitrogen and oxygen atoms in total. The second kappa shape index (κ2) is 7.54. The van der Waals surface area contributed by atoms with Crippen LogP contribution in [-0.4, -0.2) is 18.8 Å². The van der Waals surface area contributed by atoms with Crippen LogP contribution in [0, 0.1) is 0 Å². The molecule has 19 heavy (non-hydrogen) atoms. The van der Waals surface area contributed by atoms with Crippen molar-refractivity contribution < 1.29 is 4.74 Å². The van der Waals surface area contributed by atoms with Crippen molar-refractivity contribution in [2.75, 3.05) is 11.9 Å². The molecule has 1 heterocycles. The molecule has 2 heteroatoms. The zero-order chi connectivity index (χ0) is 13.5. The van der Waals surface area contributed by atoms with Crippen LogP contribution in [0.3, 0.4) is 0 Å². The number of anilines is 1. The van der Waals surface area contributed by atoms with Crippen molar-refractivity contribution >= 4 is 5.69 Å². The smallest absolute Gasteiger partial charge is 0.0592 e. The largest absolute Gasteiger partial charge is 0.382 e. The van der Waals surface area contributed by atoms with E-state index in [-0.39, 0.29) is 0 Å². The quantitative estimate of drug-likeness (QED) is 0.819. The van der Waals surface area contributed by atoms with Gasteiger partial charge < -0.3 is 10.1 Å². The lowest BCUT2D eigenvalue weighted by Gasteiger charge is -2.30. The van der Waals surface area contributed by atoms with Crippen molar-refractivity contribution in [1.29, 1.82) is 0 Å². The average Bonchev–Trinajstić information content (AvgIpc) is 2.47. The molecule has 0 spiro atoms. The van der Waals surface area contributed by atoms with Gasteiger partial charge in [0.15, 0.2) is 0 Å². The zero-order valence-electron chi connectivity index (χ0n) is 12.3. The summed E-state index contributed by atoms with van der Waals surface area (Å²) in [5.74, 6) is 0. The van der Waals surface area contributed by atoms with Gasteiger partial charge in [-0.1, -0.05) is 32.4 Å². The van der Waals surface area contributed by atoms with Crippen molar-refractivity contribution in [3.63, 3.8) is 0 Å². The van der Waals surface area contributed by atoms with Crippen LogP contribution >= 0.6 is 0 Å². The van der Waals surface area contributed by atoms with Crippen molar-refractivity contribution in [3.05, 3.63) is 29.8 Å². The third kappa shape index (κ3) is 4.54. The molecule has 0 radical (unpaired) electrons. The Hall–Kier alpha value is -1.02. The zero-order valence-corrected chi connectivity index (χ0v) is 12.3. The summed E-state index contributed by atoms with van der Waals surface area (Å²) in [5.41, 5.74) is 2.70. The molecule has 1 aromatic carbocycles. The number of aryl methyl sites for hydroxylation is 1. The van der Waals surface area contributed by atoms with Gasteiger partial charge >= 0.3 is 0 Å². The van der Waals surface area contributed by atoms with Crippen molar-refractivity contribution in [2.45, 2.75) is 64.5 Å². The van der Waals surface area contributed by atoms with Gasteiger partial charge in [-0.3, -0.25) is 0 Å². The maximum absolute atomic E-state index is 5.72. The first-order chi connectivity index (χ1) is 9.31. The Balaban J connectivity index is 1.85. The van der Waals surface area contributed by atoms with E-state index in [2.05, 4.69) is 43.4 Å². The van der Waals surface area contributed by atoms with Gasteiger partial charge in [0.1, 0.15) is 0 Å². The number of hydrogen-bond acceptors (Lipinski definition) is 2. The van der Waals surface area contributed by atoms with Gasteiger partial charge in [-0.25, -0.2) is 0 Å². The standard InChI is InChI=1S/C17H27NO/c1-3-5-6-14-7-9-15(10-8-14)18-16-11-12-19-17(4-2)13-16/h7-10,16-18H,3-6,11-13H2,1-2H3. The molecule has 106 valence electrons. The van der Waals surface area contributed by atoms with Crippen LogP contribution in [0.25, 0.3) is 0 Å². The van der Waals surface area contributed by atoms with Gasteiger partial charge in [0.25, 0.3) is 0 Å². The molecule has 2 unspecified atom stereocenters. The van der Waals surface area contributed by atoms with Gasteiger partial charge in [0.05, 0.1) is 6.10 Å². The molecule has 2 rings (SSSR count). The van der Waals surface area contributed by atoms with Crippen molar-refractivity contribution in [1.82, 2.24) is 0 Å². The van der Waals surface area contributed by atoms with E-state index in [1.807, 2.05) is 0 Å². The summed E-state index contributed by atoms with van der Waals surface area (Å²) in [6, 6.07) is 9.53. The van der Waals surface area contributed by atoms with Crippen LogP contribution in [-0.2, 0) is 11.2 Å². The van der Waals surface area contributed by atoms with E-state index < -0.39 is 0 Å². The topological polar surface area (TPSA) is 21.3 Å². The SMILES string of the molecule is CCCCc1ccc(NC2CCOC(CC)C2)cc1. The first-order valence-corrected chi connectivity index (χ1v) is 7.79. The maximum Gasteiger partial charge on any atom is 0.0592 e. The molecule has 1 aromatic rings. The first-order valence-electron chi connectivity index (χ1n) is 7.79. The van der Waals surface area contributed by atoms with Gasteiger partial charge in [-0.05, 0) is 49.8 Å². The Labute approximate surface area is 117 Å². The van der Waals surface area contributed by atoms with Crippen LogP contribution in [0.1, 0.15) is 51.5 Å². The minimum atomic E-state index is 0.440. The molecule has 0 aliphatic carbocycles. The number of ether oxygens (including phenoxy) is 1. The minimum Gasteiger partial charge on any atom is -0.382 e. The highest BCUT2D eigenvalue weighted by atomic mass is 16.5. The molecule has 0 saturated carbocycles. The Morgan fingerprint density at radius 3 is 2.68 bits per heavy atom. The first kappa shape index (κ1) is 14.4. The number of benzene rings is 1. The molecule has 1 fully saturated rings.